The molecule has 0 atom stereocenters. The molecule has 0 aliphatic rings. The summed E-state index contributed by atoms with van der Waals surface area (Å²) in [5.41, 5.74) is 1.27. The number of phenolic OH excluding ortho intramolecular Hbond substituents is 1. The first kappa shape index (κ1) is 9.38. The summed E-state index contributed by atoms with van der Waals surface area (Å²) < 4.78 is 4.39. The molecule has 2 N–H and O–H groups in total. The van der Waals surface area contributed by atoms with Crippen molar-refractivity contribution in [2.24, 2.45) is 0 Å². The summed E-state index contributed by atoms with van der Waals surface area (Å²) in [4.78, 5) is 10.8. The van der Waals surface area contributed by atoms with Gasteiger partial charge in [0.15, 0.2) is 0 Å². The minimum atomic E-state index is -0.553. The molecule has 0 unspecified atom stereocenters. The Balaban J connectivity index is 2.79. The summed E-state index contributed by atoms with van der Waals surface area (Å²) in [6, 6.07) is 4.86. The third-order valence-electron chi connectivity index (χ3n) is 1.64. The highest BCUT2D eigenvalue weighted by molar-refractivity contribution is 5.84. The van der Waals surface area contributed by atoms with Crippen LogP contribution in [0, 0.1) is 6.92 Å². The Hall–Kier alpha value is -1.71. The van der Waals surface area contributed by atoms with Crippen molar-refractivity contribution in [1.82, 2.24) is 0 Å². The lowest BCUT2D eigenvalue weighted by Gasteiger charge is -2.04. The van der Waals surface area contributed by atoms with Gasteiger partial charge in [0.2, 0.25) is 0 Å². The second kappa shape index (κ2) is 3.80. The van der Waals surface area contributed by atoms with Gasteiger partial charge in [-0.25, -0.2) is 4.79 Å². The van der Waals surface area contributed by atoms with Gasteiger partial charge in [0.05, 0.1) is 7.11 Å². The summed E-state index contributed by atoms with van der Waals surface area (Å²) in [5, 5.41) is 11.7. The Morgan fingerprint density at radius 2 is 2.23 bits per heavy atom. The molecule has 1 amide bonds. The summed E-state index contributed by atoms with van der Waals surface area (Å²) >= 11 is 0. The fourth-order valence-electron chi connectivity index (χ4n) is 0.856. The lowest BCUT2D eigenvalue weighted by molar-refractivity contribution is 0.187. The maximum absolute atomic E-state index is 10.8. The van der Waals surface area contributed by atoms with Crippen molar-refractivity contribution < 1.29 is 14.6 Å². The van der Waals surface area contributed by atoms with Gasteiger partial charge in [-0.05, 0) is 18.6 Å². The van der Waals surface area contributed by atoms with Crippen LogP contribution in [0.1, 0.15) is 5.56 Å². The molecule has 1 aromatic rings. The SMILES string of the molecule is COC(=O)Nc1ccc(C)c(O)c1. The number of hydrogen-bond acceptors (Lipinski definition) is 3. The van der Waals surface area contributed by atoms with Gasteiger partial charge in [0.1, 0.15) is 5.75 Å². The van der Waals surface area contributed by atoms with Gasteiger partial charge in [-0.1, -0.05) is 6.07 Å². The minimum Gasteiger partial charge on any atom is -0.508 e. The standard InChI is InChI=1S/C9H11NO3/c1-6-3-4-7(5-8(6)11)10-9(12)13-2/h3-5,11H,1-2H3,(H,10,12). The number of rotatable bonds is 1. The van der Waals surface area contributed by atoms with E-state index in [1.54, 1.807) is 19.1 Å². The number of phenols is 1. The van der Waals surface area contributed by atoms with Crippen LogP contribution in [0.2, 0.25) is 0 Å². The number of anilines is 1. The van der Waals surface area contributed by atoms with Crippen LogP contribution in [0.5, 0.6) is 5.75 Å². The van der Waals surface area contributed by atoms with Crippen molar-refractivity contribution in [2.45, 2.75) is 6.92 Å². The molecular formula is C9H11NO3. The van der Waals surface area contributed by atoms with Gasteiger partial charge < -0.3 is 9.84 Å². The zero-order valence-electron chi connectivity index (χ0n) is 7.50. The van der Waals surface area contributed by atoms with Gasteiger partial charge in [0.25, 0.3) is 0 Å². The number of nitrogens with one attached hydrogen (secondary N) is 1. The molecule has 1 rings (SSSR count). The van der Waals surface area contributed by atoms with Gasteiger partial charge in [0, 0.05) is 11.8 Å². The molecule has 0 radical (unpaired) electrons. The Labute approximate surface area is 76.1 Å². The fourth-order valence-corrected chi connectivity index (χ4v) is 0.856. The first-order valence-corrected chi connectivity index (χ1v) is 3.78. The second-order valence-corrected chi connectivity index (χ2v) is 2.62. The Bertz CT molecular complexity index is 323. The smallest absolute Gasteiger partial charge is 0.411 e. The molecule has 13 heavy (non-hydrogen) atoms. The predicted molar refractivity (Wildman–Crippen MR) is 48.9 cm³/mol. The highest BCUT2D eigenvalue weighted by Gasteiger charge is 2.02. The van der Waals surface area contributed by atoms with E-state index >= 15 is 0 Å². The van der Waals surface area contributed by atoms with E-state index in [2.05, 4.69) is 10.1 Å². The molecule has 0 saturated heterocycles. The van der Waals surface area contributed by atoms with E-state index < -0.39 is 6.09 Å². The highest BCUT2D eigenvalue weighted by atomic mass is 16.5. The number of amides is 1. The third kappa shape index (κ3) is 2.37. The van der Waals surface area contributed by atoms with E-state index in [9.17, 15) is 9.90 Å². The minimum absolute atomic E-state index is 0.147. The Morgan fingerprint density at radius 3 is 2.77 bits per heavy atom. The van der Waals surface area contributed by atoms with E-state index in [1.807, 2.05) is 0 Å². The normalized spacial score (nSPS) is 9.38. The summed E-state index contributed by atoms with van der Waals surface area (Å²) in [5.74, 6) is 0.147. The number of carbonyl (C=O) groups excluding carboxylic acids is 1. The van der Waals surface area contributed by atoms with Crippen LogP contribution in [0.15, 0.2) is 18.2 Å². The van der Waals surface area contributed by atoms with E-state index in [4.69, 9.17) is 0 Å². The second-order valence-electron chi connectivity index (χ2n) is 2.62. The molecule has 0 aliphatic carbocycles. The maximum Gasteiger partial charge on any atom is 0.411 e. The number of aromatic hydroxyl groups is 1. The van der Waals surface area contributed by atoms with Crippen LogP contribution in [0.4, 0.5) is 10.5 Å². The van der Waals surface area contributed by atoms with Crippen LogP contribution in [0.3, 0.4) is 0 Å². The summed E-state index contributed by atoms with van der Waals surface area (Å²) in [6.45, 7) is 1.78. The van der Waals surface area contributed by atoms with Gasteiger partial charge in [-0.15, -0.1) is 0 Å². The predicted octanol–water partition coefficient (Wildman–Crippen LogP) is 1.88. The quantitative estimate of drug-likeness (QED) is 0.695. The fraction of sp³-hybridized carbons (Fsp3) is 0.222. The van der Waals surface area contributed by atoms with Crippen molar-refractivity contribution >= 4 is 11.8 Å². The van der Waals surface area contributed by atoms with Gasteiger partial charge in [-0.3, -0.25) is 5.32 Å². The van der Waals surface area contributed by atoms with Gasteiger partial charge >= 0.3 is 6.09 Å². The largest absolute Gasteiger partial charge is 0.508 e. The zero-order chi connectivity index (χ0) is 9.84. The number of benzene rings is 1. The molecule has 1 aromatic carbocycles. The first-order chi connectivity index (χ1) is 6.13. The van der Waals surface area contributed by atoms with Crippen molar-refractivity contribution in [3.05, 3.63) is 23.8 Å². The topological polar surface area (TPSA) is 58.6 Å². The van der Waals surface area contributed by atoms with Crippen LogP contribution in [-0.4, -0.2) is 18.3 Å². The van der Waals surface area contributed by atoms with Crippen LogP contribution < -0.4 is 5.32 Å². The highest BCUT2D eigenvalue weighted by Crippen LogP contribution is 2.20. The zero-order valence-corrected chi connectivity index (χ0v) is 7.50. The molecule has 70 valence electrons. The Kier molecular flexibility index (Phi) is 2.74. The number of aryl methyl sites for hydroxylation is 1. The van der Waals surface area contributed by atoms with E-state index in [0.717, 1.165) is 5.56 Å². The molecule has 4 heteroatoms. The van der Waals surface area contributed by atoms with Gasteiger partial charge in [-0.2, -0.15) is 0 Å². The molecule has 0 fully saturated rings. The lowest BCUT2D eigenvalue weighted by atomic mass is 10.2. The summed E-state index contributed by atoms with van der Waals surface area (Å²) in [7, 11) is 1.28. The first-order valence-electron chi connectivity index (χ1n) is 3.78. The number of carbonyl (C=O) groups is 1. The van der Waals surface area contributed by atoms with Crippen LogP contribution in [0.25, 0.3) is 0 Å². The molecule has 0 bridgehead atoms. The molecule has 4 nitrogen and oxygen atoms in total. The molecule has 0 saturated carbocycles. The Morgan fingerprint density at radius 1 is 1.54 bits per heavy atom. The van der Waals surface area contributed by atoms with Crippen LogP contribution >= 0.6 is 0 Å². The molecule has 0 heterocycles. The molecule has 0 spiro atoms. The number of ether oxygens (including phenoxy) is 1. The monoisotopic (exact) mass is 181 g/mol. The van der Waals surface area contributed by atoms with E-state index in [-0.39, 0.29) is 5.75 Å². The maximum atomic E-state index is 10.8. The molecular weight excluding hydrogens is 170 g/mol. The average Bonchev–Trinajstić information content (AvgIpc) is 2.11. The van der Waals surface area contributed by atoms with Crippen molar-refractivity contribution in [2.75, 3.05) is 12.4 Å². The number of methoxy groups -OCH3 is 1. The molecule has 0 aliphatic heterocycles. The van der Waals surface area contributed by atoms with Crippen LogP contribution in [-0.2, 0) is 4.74 Å². The molecule has 0 aromatic heterocycles. The third-order valence-corrected chi connectivity index (χ3v) is 1.64. The van der Waals surface area contributed by atoms with Crippen molar-refractivity contribution in [3.63, 3.8) is 0 Å². The van der Waals surface area contributed by atoms with Crippen molar-refractivity contribution in [1.29, 1.82) is 0 Å². The average molecular weight is 181 g/mol. The number of hydrogen-bond donors (Lipinski definition) is 2. The summed E-state index contributed by atoms with van der Waals surface area (Å²) in [6.07, 6.45) is -0.553. The van der Waals surface area contributed by atoms with E-state index in [0.29, 0.717) is 5.69 Å². The lowest BCUT2D eigenvalue weighted by Crippen LogP contribution is -2.10. The van der Waals surface area contributed by atoms with Crippen molar-refractivity contribution in [3.8, 4) is 5.75 Å². The van der Waals surface area contributed by atoms with E-state index in [1.165, 1.54) is 13.2 Å².